The van der Waals surface area contributed by atoms with E-state index in [1.807, 2.05) is 5.40 Å². The van der Waals surface area contributed by atoms with Gasteiger partial charge in [0.1, 0.15) is 5.40 Å². The molecular formula is C16H13ClN2O2S2. The first-order valence-electron chi connectivity index (χ1n) is 6.53. The number of nitriles is 1. The number of nitrogens with one attached hydrogen (secondary N) is 1. The van der Waals surface area contributed by atoms with E-state index < -0.39 is 10.0 Å². The van der Waals surface area contributed by atoms with Crippen LogP contribution in [-0.2, 0) is 10.0 Å². The molecule has 0 fully saturated rings. The SMILES string of the molecule is Cc1cc(SC#N)ccc1NS(=O)(=O)/C=C/c1ccc(Cl)cc1. The fourth-order valence-electron chi connectivity index (χ4n) is 1.80. The predicted molar refractivity (Wildman–Crippen MR) is 95.7 cm³/mol. The molecule has 0 aliphatic carbocycles. The Bertz CT molecular complexity index is 870. The number of hydrogen-bond donors (Lipinski definition) is 1. The fraction of sp³-hybridized carbons (Fsp3) is 0.0625. The third-order valence-electron chi connectivity index (χ3n) is 2.92. The maximum Gasteiger partial charge on any atom is 0.255 e. The van der Waals surface area contributed by atoms with Crippen molar-refractivity contribution in [1.29, 1.82) is 5.26 Å². The topological polar surface area (TPSA) is 70.0 Å². The fourth-order valence-corrected chi connectivity index (χ4v) is 3.34. The van der Waals surface area contributed by atoms with Gasteiger partial charge in [-0.15, -0.1) is 0 Å². The van der Waals surface area contributed by atoms with Gasteiger partial charge in [0.15, 0.2) is 0 Å². The minimum absolute atomic E-state index is 0.480. The lowest BCUT2D eigenvalue weighted by Gasteiger charge is -2.08. The number of thioether (sulfide) groups is 1. The summed E-state index contributed by atoms with van der Waals surface area (Å²) in [7, 11) is -3.63. The molecule has 2 rings (SSSR count). The average Bonchev–Trinajstić information content (AvgIpc) is 2.50. The first-order chi connectivity index (χ1) is 10.9. The number of halogens is 1. The molecule has 0 saturated carbocycles. The molecule has 0 aliphatic heterocycles. The zero-order chi connectivity index (χ0) is 16.9. The van der Waals surface area contributed by atoms with Crippen LogP contribution in [-0.4, -0.2) is 8.42 Å². The maximum atomic E-state index is 12.1. The second-order valence-corrected chi connectivity index (χ2v) is 7.53. The molecule has 0 amide bonds. The molecule has 2 aromatic carbocycles. The van der Waals surface area contributed by atoms with Crippen LogP contribution in [0, 0.1) is 17.6 Å². The van der Waals surface area contributed by atoms with E-state index in [0.29, 0.717) is 10.7 Å². The summed E-state index contributed by atoms with van der Waals surface area (Å²) in [5.41, 5.74) is 1.96. The van der Waals surface area contributed by atoms with Gasteiger partial charge in [-0.25, -0.2) is 8.42 Å². The second kappa shape index (κ2) is 7.55. The molecule has 4 nitrogen and oxygen atoms in total. The van der Waals surface area contributed by atoms with Crippen LogP contribution in [0.1, 0.15) is 11.1 Å². The number of hydrogen-bond acceptors (Lipinski definition) is 4. The van der Waals surface area contributed by atoms with Crippen LogP contribution in [0.15, 0.2) is 52.8 Å². The number of benzene rings is 2. The van der Waals surface area contributed by atoms with Gasteiger partial charge in [-0.1, -0.05) is 23.7 Å². The Hall–Kier alpha value is -1.94. The number of aryl methyl sites for hydroxylation is 1. The van der Waals surface area contributed by atoms with Gasteiger partial charge in [0.2, 0.25) is 0 Å². The first-order valence-corrected chi connectivity index (χ1v) is 9.27. The summed E-state index contributed by atoms with van der Waals surface area (Å²) in [6.07, 6.45) is 1.49. The van der Waals surface area contributed by atoms with E-state index in [1.165, 1.54) is 6.08 Å². The van der Waals surface area contributed by atoms with E-state index >= 15 is 0 Å². The molecule has 0 unspecified atom stereocenters. The van der Waals surface area contributed by atoms with Crippen LogP contribution in [0.5, 0.6) is 0 Å². The van der Waals surface area contributed by atoms with Crippen LogP contribution < -0.4 is 4.72 Å². The number of sulfonamides is 1. The van der Waals surface area contributed by atoms with Crippen molar-refractivity contribution in [1.82, 2.24) is 0 Å². The Morgan fingerprint density at radius 1 is 1.22 bits per heavy atom. The lowest BCUT2D eigenvalue weighted by Crippen LogP contribution is -2.09. The monoisotopic (exact) mass is 364 g/mol. The minimum Gasteiger partial charge on any atom is -0.280 e. The lowest BCUT2D eigenvalue weighted by molar-refractivity contribution is 0.609. The van der Waals surface area contributed by atoms with Gasteiger partial charge in [-0.05, 0) is 66.2 Å². The van der Waals surface area contributed by atoms with Crippen molar-refractivity contribution in [3.8, 4) is 5.40 Å². The minimum atomic E-state index is -3.63. The smallest absolute Gasteiger partial charge is 0.255 e. The third-order valence-corrected chi connectivity index (χ3v) is 4.75. The van der Waals surface area contributed by atoms with Crippen LogP contribution in [0.2, 0.25) is 5.02 Å². The van der Waals surface area contributed by atoms with E-state index in [-0.39, 0.29) is 0 Å². The molecule has 2 aromatic rings. The van der Waals surface area contributed by atoms with Gasteiger partial charge >= 0.3 is 0 Å². The number of thiocyanates is 1. The van der Waals surface area contributed by atoms with E-state index in [4.69, 9.17) is 16.9 Å². The van der Waals surface area contributed by atoms with Crippen LogP contribution in [0.4, 0.5) is 5.69 Å². The molecule has 118 valence electrons. The maximum absolute atomic E-state index is 12.1. The standard InChI is InChI=1S/C16H13ClN2O2S2/c1-12-10-15(22-11-18)6-7-16(12)19-23(20,21)9-8-13-2-4-14(17)5-3-13/h2-10,19H,1H3/b9-8+. The molecule has 0 spiro atoms. The van der Waals surface area contributed by atoms with Crippen molar-refractivity contribution in [2.75, 3.05) is 4.72 Å². The first kappa shape index (κ1) is 17.4. The predicted octanol–water partition coefficient (Wildman–Crippen LogP) is 4.63. The summed E-state index contributed by atoms with van der Waals surface area (Å²) in [5, 5.41) is 12.3. The number of nitrogens with zero attached hydrogens (tertiary/aromatic N) is 1. The van der Waals surface area contributed by atoms with E-state index in [0.717, 1.165) is 33.2 Å². The number of anilines is 1. The van der Waals surface area contributed by atoms with Gasteiger partial charge in [0.25, 0.3) is 10.0 Å². The Morgan fingerprint density at radius 3 is 2.52 bits per heavy atom. The Balaban J connectivity index is 2.15. The average molecular weight is 365 g/mol. The Labute approximate surface area is 144 Å². The van der Waals surface area contributed by atoms with E-state index in [9.17, 15) is 8.42 Å². The Morgan fingerprint density at radius 2 is 1.91 bits per heavy atom. The highest BCUT2D eigenvalue weighted by Gasteiger charge is 2.08. The zero-order valence-corrected chi connectivity index (χ0v) is 14.5. The molecule has 0 heterocycles. The van der Waals surface area contributed by atoms with Crippen LogP contribution in [0.3, 0.4) is 0 Å². The summed E-state index contributed by atoms with van der Waals surface area (Å²) >= 11 is 6.81. The summed E-state index contributed by atoms with van der Waals surface area (Å²) < 4.78 is 26.7. The van der Waals surface area contributed by atoms with Crippen LogP contribution in [0.25, 0.3) is 6.08 Å². The second-order valence-electron chi connectivity index (χ2n) is 4.67. The van der Waals surface area contributed by atoms with Gasteiger partial charge < -0.3 is 0 Å². The summed E-state index contributed by atoms with van der Waals surface area (Å²) in [6.45, 7) is 1.78. The van der Waals surface area contributed by atoms with Crippen LogP contribution >= 0.6 is 23.4 Å². The Kier molecular flexibility index (Phi) is 5.72. The molecular weight excluding hydrogens is 352 g/mol. The molecule has 0 radical (unpaired) electrons. The summed E-state index contributed by atoms with van der Waals surface area (Å²) in [6, 6.07) is 11.9. The highest BCUT2D eigenvalue weighted by molar-refractivity contribution is 8.03. The van der Waals surface area contributed by atoms with Gasteiger partial charge in [0, 0.05) is 9.92 Å². The van der Waals surface area contributed by atoms with Gasteiger partial charge in [-0.3, -0.25) is 4.72 Å². The number of rotatable bonds is 5. The molecule has 0 aliphatic rings. The van der Waals surface area contributed by atoms with Crippen molar-refractivity contribution in [2.45, 2.75) is 11.8 Å². The van der Waals surface area contributed by atoms with Crippen molar-refractivity contribution in [3.05, 3.63) is 64.0 Å². The third kappa shape index (κ3) is 5.32. The van der Waals surface area contributed by atoms with E-state index in [2.05, 4.69) is 4.72 Å². The molecule has 23 heavy (non-hydrogen) atoms. The molecule has 0 bridgehead atoms. The molecule has 0 saturated heterocycles. The van der Waals surface area contributed by atoms with Crippen molar-refractivity contribution in [3.63, 3.8) is 0 Å². The molecule has 0 aromatic heterocycles. The molecule has 1 N–H and O–H groups in total. The zero-order valence-electron chi connectivity index (χ0n) is 12.2. The highest BCUT2D eigenvalue weighted by atomic mass is 35.5. The summed E-state index contributed by atoms with van der Waals surface area (Å²) in [4.78, 5) is 0.768. The van der Waals surface area contributed by atoms with Crippen molar-refractivity contribution >= 4 is 45.1 Å². The summed E-state index contributed by atoms with van der Waals surface area (Å²) in [5.74, 6) is 0. The van der Waals surface area contributed by atoms with Gasteiger partial charge in [0.05, 0.1) is 11.1 Å². The quantitative estimate of drug-likeness (QED) is 0.620. The van der Waals surface area contributed by atoms with Gasteiger partial charge in [-0.2, -0.15) is 5.26 Å². The normalized spacial score (nSPS) is 11.3. The highest BCUT2D eigenvalue weighted by Crippen LogP contribution is 2.24. The lowest BCUT2D eigenvalue weighted by atomic mass is 10.2. The molecule has 0 atom stereocenters. The van der Waals surface area contributed by atoms with Crippen molar-refractivity contribution in [2.24, 2.45) is 0 Å². The van der Waals surface area contributed by atoms with E-state index in [1.54, 1.807) is 49.4 Å². The van der Waals surface area contributed by atoms with Crippen molar-refractivity contribution < 1.29 is 8.42 Å². The molecule has 7 heteroatoms. The largest absolute Gasteiger partial charge is 0.280 e.